The lowest BCUT2D eigenvalue weighted by atomic mass is 9.85. The topological polar surface area (TPSA) is 17.1 Å². The van der Waals surface area contributed by atoms with Crippen LogP contribution in [0.5, 0.6) is 0 Å². The Balaban J connectivity index is 1.90. The SMILES string of the molecule is O=CC[S+]1CCCC1C1CCCCC1. The molecule has 2 fully saturated rings. The molecule has 2 aliphatic rings. The molecule has 2 atom stereocenters. The van der Waals surface area contributed by atoms with Crippen molar-refractivity contribution in [3.8, 4) is 0 Å². The Bertz CT molecular complexity index is 187. The third-order valence-corrected chi connectivity index (χ3v) is 6.64. The smallest absolute Gasteiger partial charge is 0.169 e. The summed E-state index contributed by atoms with van der Waals surface area (Å²) >= 11 is 0. The fourth-order valence-electron chi connectivity index (χ4n) is 3.10. The second-order valence-electron chi connectivity index (χ2n) is 4.65. The average Bonchev–Trinajstić information content (AvgIpc) is 2.68. The molecule has 0 radical (unpaired) electrons. The Kier molecular flexibility index (Phi) is 3.91. The molecule has 0 bridgehead atoms. The molecule has 1 saturated heterocycles. The van der Waals surface area contributed by atoms with E-state index in [1.807, 2.05) is 0 Å². The highest BCUT2D eigenvalue weighted by molar-refractivity contribution is 7.98. The summed E-state index contributed by atoms with van der Waals surface area (Å²) < 4.78 is 0. The number of hydrogen-bond acceptors (Lipinski definition) is 1. The van der Waals surface area contributed by atoms with E-state index in [1.165, 1.54) is 50.7 Å². The number of aldehydes is 1. The molecule has 0 N–H and O–H groups in total. The van der Waals surface area contributed by atoms with Crippen LogP contribution in [-0.2, 0) is 15.7 Å². The van der Waals surface area contributed by atoms with Gasteiger partial charge in [-0.2, -0.15) is 0 Å². The first-order chi connectivity index (χ1) is 6.92. The van der Waals surface area contributed by atoms with Crippen LogP contribution in [0.2, 0.25) is 0 Å². The summed E-state index contributed by atoms with van der Waals surface area (Å²) in [6, 6.07) is 0. The van der Waals surface area contributed by atoms with Gasteiger partial charge in [-0.1, -0.05) is 19.3 Å². The van der Waals surface area contributed by atoms with Crippen molar-refractivity contribution in [1.82, 2.24) is 0 Å². The van der Waals surface area contributed by atoms with Gasteiger partial charge in [-0.15, -0.1) is 0 Å². The molecule has 1 heterocycles. The Hall–Kier alpha value is 0.0200. The normalized spacial score (nSPS) is 34.6. The van der Waals surface area contributed by atoms with Crippen LogP contribution >= 0.6 is 0 Å². The number of carbonyl (C=O) groups is 1. The highest BCUT2D eigenvalue weighted by atomic mass is 32.2. The second kappa shape index (κ2) is 5.20. The van der Waals surface area contributed by atoms with E-state index in [4.69, 9.17) is 0 Å². The van der Waals surface area contributed by atoms with Crippen molar-refractivity contribution in [1.29, 1.82) is 0 Å². The van der Waals surface area contributed by atoms with Crippen LogP contribution in [-0.4, -0.2) is 23.0 Å². The third kappa shape index (κ3) is 2.33. The van der Waals surface area contributed by atoms with Crippen LogP contribution in [0.15, 0.2) is 0 Å². The first-order valence-corrected chi connectivity index (χ1v) is 7.64. The van der Waals surface area contributed by atoms with Gasteiger partial charge in [0, 0.05) is 5.92 Å². The lowest BCUT2D eigenvalue weighted by Crippen LogP contribution is -2.30. The maximum Gasteiger partial charge on any atom is 0.169 e. The largest absolute Gasteiger partial charge is 0.298 e. The van der Waals surface area contributed by atoms with Crippen molar-refractivity contribution >= 4 is 17.2 Å². The van der Waals surface area contributed by atoms with Gasteiger partial charge in [0.25, 0.3) is 0 Å². The summed E-state index contributed by atoms with van der Waals surface area (Å²) in [5.41, 5.74) is 0. The van der Waals surface area contributed by atoms with Crippen LogP contribution < -0.4 is 0 Å². The molecule has 0 aromatic carbocycles. The van der Waals surface area contributed by atoms with Gasteiger partial charge in [-0.25, -0.2) is 0 Å². The van der Waals surface area contributed by atoms with E-state index >= 15 is 0 Å². The molecule has 1 aliphatic carbocycles. The zero-order valence-electron chi connectivity index (χ0n) is 8.91. The van der Waals surface area contributed by atoms with E-state index in [-0.39, 0.29) is 0 Å². The summed E-state index contributed by atoms with van der Waals surface area (Å²) in [7, 11) is 0.469. The number of carbonyl (C=O) groups excluding carboxylic acids is 1. The lowest BCUT2D eigenvalue weighted by molar-refractivity contribution is -0.105. The summed E-state index contributed by atoms with van der Waals surface area (Å²) in [6.45, 7) is 0. The van der Waals surface area contributed by atoms with Gasteiger partial charge >= 0.3 is 0 Å². The molecule has 0 aromatic rings. The Morgan fingerprint density at radius 2 is 1.86 bits per heavy atom. The molecule has 1 saturated carbocycles. The first kappa shape index (κ1) is 10.5. The maximum absolute atomic E-state index is 10.6. The predicted octanol–water partition coefficient (Wildman–Crippen LogP) is 2.55. The van der Waals surface area contributed by atoms with Crippen molar-refractivity contribution in [2.24, 2.45) is 5.92 Å². The monoisotopic (exact) mass is 213 g/mol. The standard InChI is InChI=1S/C12H21OS/c13-8-10-14-9-4-7-12(14)11-5-2-1-3-6-11/h8,11-12H,1-7,9-10H2/q+1. The van der Waals surface area contributed by atoms with E-state index < -0.39 is 0 Å². The van der Waals surface area contributed by atoms with Crippen molar-refractivity contribution in [3.05, 3.63) is 0 Å². The third-order valence-electron chi connectivity index (χ3n) is 3.78. The summed E-state index contributed by atoms with van der Waals surface area (Å²) in [4.78, 5) is 10.6. The highest BCUT2D eigenvalue weighted by Gasteiger charge is 2.41. The van der Waals surface area contributed by atoms with Gasteiger partial charge in [0.05, 0.1) is 0 Å². The first-order valence-electron chi connectivity index (χ1n) is 6.02. The second-order valence-corrected chi connectivity index (χ2v) is 7.08. The maximum atomic E-state index is 10.6. The molecule has 2 heteroatoms. The zero-order valence-corrected chi connectivity index (χ0v) is 9.73. The van der Waals surface area contributed by atoms with Gasteiger partial charge in [0.1, 0.15) is 11.0 Å². The minimum Gasteiger partial charge on any atom is -0.298 e. The summed E-state index contributed by atoms with van der Waals surface area (Å²) in [5, 5.41) is 0.931. The van der Waals surface area contributed by atoms with Gasteiger partial charge in [-0.05, 0) is 36.6 Å². The van der Waals surface area contributed by atoms with Crippen molar-refractivity contribution in [2.75, 3.05) is 11.5 Å². The zero-order chi connectivity index (χ0) is 9.80. The molecule has 80 valence electrons. The van der Waals surface area contributed by atoms with Gasteiger partial charge in [0.15, 0.2) is 12.0 Å². The van der Waals surface area contributed by atoms with Gasteiger partial charge in [0.2, 0.25) is 0 Å². The van der Waals surface area contributed by atoms with E-state index in [1.54, 1.807) is 0 Å². The molecule has 0 amide bonds. The van der Waals surface area contributed by atoms with E-state index in [0.717, 1.165) is 23.2 Å². The molecule has 0 spiro atoms. The molecule has 2 unspecified atom stereocenters. The Labute approximate surface area is 90.0 Å². The molecule has 2 rings (SSSR count). The van der Waals surface area contributed by atoms with Crippen LogP contribution in [0.25, 0.3) is 0 Å². The van der Waals surface area contributed by atoms with Gasteiger partial charge < -0.3 is 0 Å². The van der Waals surface area contributed by atoms with Gasteiger partial charge in [-0.3, -0.25) is 4.79 Å². The highest BCUT2D eigenvalue weighted by Crippen LogP contribution is 2.36. The summed E-state index contributed by atoms with van der Waals surface area (Å²) in [5.74, 6) is 3.19. The van der Waals surface area contributed by atoms with Crippen LogP contribution in [0.1, 0.15) is 44.9 Å². The van der Waals surface area contributed by atoms with Crippen molar-refractivity contribution in [3.63, 3.8) is 0 Å². The Morgan fingerprint density at radius 1 is 1.07 bits per heavy atom. The minimum absolute atomic E-state index is 0.469. The quantitative estimate of drug-likeness (QED) is 0.520. The molecule has 1 aliphatic heterocycles. The molecule has 14 heavy (non-hydrogen) atoms. The molecular weight excluding hydrogens is 192 g/mol. The predicted molar refractivity (Wildman–Crippen MR) is 62.8 cm³/mol. The van der Waals surface area contributed by atoms with E-state index in [0.29, 0.717) is 10.9 Å². The summed E-state index contributed by atoms with van der Waals surface area (Å²) in [6.07, 6.45) is 11.2. The fraction of sp³-hybridized carbons (Fsp3) is 0.917. The lowest BCUT2D eigenvalue weighted by Gasteiger charge is -2.25. The fourth-order valence-corrected chi connectivity index (χ4v) is 5.84. The average molecular weight is 213 g/mol. The minimum atomic E-state index is 0.469. The van der Waals surface area contributed by atoms with Crippen molar-refractivity contribution in [2.45, 2.75) is 50.2 Å². The molecular formula is C12H21OS+. The van der Waals surface area contributed by atoms with Crippen LogP contribution in [0, 0.1) is 5.92 Å². The van der Waals surface area contributed by atoms with Crippen LogP contribution in [0.4, 0.5) is 0 Å². The number of hydrogen-bond donors (Lipinski definition) is 0. The Morgan fingerprint density at radius 3 is 2.57 bits per heavy atom. The molecule has 0 aromatic heterocycles. The van der Waals surface area contributed by atoms with Crippen LogP contribution in [0.3, 0.4) is 0 Å². The number of rotatable bonds is 3. The van der Waals surface area contributed by atoms with E-state index in [9.17, 15) is 4.79 Å². The molecule has 1 nitrogen and oxygen atoms in total. The van der Waals surface area contributed by atoms with Crippen molar-refractivity contribution < 1.29 is 4.79 Å². The van der Waals surface area contributed by atoms with E-state index in [2.05, 4.69) is 0 Å².